The number of aliphatic hydroxyl groups is 1. The van der Waals surface area contributed by atoms with Crippen LogP contribution in [-0.2, 0) is 0 Å². The molecule has 0 radical (unpaired) electrons. The summed E-state index contributed by atoms with van der Waals surface area (Å²) in [4.78, 5) is 12.8. The van der Waals surface area contributed by atoms with Crippen LogP contribution in [0.1, 0.15) is 6.42 Å². The average Bonchev–Trinajstić information content (AvgIpc) is 2.89. The summed E-state index contributed by atoms with van der Waals surface area (Å²) in [6.07, 6.45) is 4.18. The van der Waals surface area contributed by atoms with Crippen molar-refractivity contribution >= 4 is 5.82 Å². The van der Waals surface area contributed by atoms with E-state index in [1.807, 2.05) is 43.4 Å². The molecule has 0 amide bonds. The van der Waals surface area contributed by atoms with Crippen LogP contribution in [0.25, 0.3) is 11.1 Å². The maximum Gasteiger partial charge on any atom is 0.139 e. The van der Waals surface area contributed by atoms with Gasteiger partial charge < -0.3 is 14.9 Å². The second kappa shape index (κ2) is 6.02. The van der Waals surface area contributed by atoms with Gasteiger partial charge in [-0.1, -0.05) is 30.3 Å². The van der Waals surface area contributed by atoms with Crippen molar-refractivity contribution < 1.29 is 5.11 Å². The number of likely N-dealkylation sites (N-methyl/N-ethyl adjacent to an activating group) is 1. The summed E-state index contributed by atoms with van der Waals surface area (Å²) in [5, 5.41) is 10.7. The topological polar surface area (TPSA) is 52.5 Å². The van der Waals surface area contributed by atoms with Crippen molar-refractivity contribution in [1.82, 2.24) is 14.9 Å². The van der Waals surface area contributed by atoms with E-state index in [4.69, 9.17) is 0 Å². The number of benzene rings is 1. The second-order valence-electron chi connectivity index (χ2n) is 6.26. The Labute approximate surface area is 131 Å². The predicted molar refractivity (Wildman–Crippen MR) is 87.8 cm³/mol. The standard InChI is InChI=1S/C17H22N4O/c1-20(2)11-17(22)8-9-21(12-17)16-15(10-18-13-19-16)14-6-4-3-5-7-14/h3-7,10,13,22H,8-9,11-12H2,1-2H3. The summed E-state index contributed by atoms with van der Waals surface area (Å²) in [7, 11) is 3.97. The molecule has 5 heteroatoms. The molecule has 1 aromatic carbocycles. The zero-order valence-electron chi connectivity index (χ0n) is 13.1. The minimum Gasteiger partial charge on any atom is -0.387 e. The van der Waals surface area contributed by atoms with Crippen LogP contribution in [0.4, 0.5) is 5.82 Å². The number of aromatic nitrogens is 2. The van der Waals surface area contributed by atoms with Gasteiger partial charge in [-0.25, -0.2) is 9.97 Å². The van der Waals surface area contributed by atoms with Gasteiger partial charge in [-0.3, -0.25) is 0 Å². The van der Waals surface area contributed by atoms with E-state index in [0.29, 0.717) is 13.1 Å². The molecule has 3 rings (SSSR count). The van der Waals surface area contributed by atoms with Gasteiger partial charge in [-0.05, 0) is 26.1 Å². The molecule has 116 valence electrons. The molecule has 1 aromatic heterocycles. The summed E-state index contributed by atoms with van der Waals surface area (Å²) in [6.45, 7) is 2.07. The number of nitrogens with zero attached hydrogens (tertiary/aromatic N) is 4. The highest BCUT2D eigenvalue weighted by Gasteiger charge is 2.37. The van der Waals surface area contributed by atoms with Crippen molar-refractivity contribution in [2.45, 2.75) is 12.0 Å². The molecule has 1 atom stereocenters. The summed E-state index contributed by atoms with van der Waals surface area (Å²) in [5.41, 5.74) is 1.43. The van der Waals surface area contributed by atoms with Crippen molar-refractivity contribution in [3.05, 3.63) is 42.9 Å². The Morgan fingerprint density at radius 3 is 2.77 bits per heavy atom. The lowest BCUT2D eigenvalue weighted by Gasteiger charge is -2.27. The molecule has 2 heterocycles. The average molecular weight is 298 g/mol. The normalized spacial score (nSPS) is 21.5. The first-order valence-corrected chi connectivity index (χ1v) is 7.55. The molecule has 1 aliphatic heterocycles. The lowest BCUT2D eigenvalue weighted by Crippen LogP contribution is -2.42. The zero-order valence-corrected chi connectivity index (χ0v) is 13.1. The fourth-order valence-electron chi connectivity index (χ4n) is 3.15. The van der Waals surface area contributed by atoms with Crippen LogP contribution in [0, 0.1) is 0 Å². The third-order valence-corrected chi connectivity index (χ3v) is 4.02. The van der Waals surface area contributed by atoms with Crippen molar-refractivity contribution in [2.75, 3.05) is 38.6 Å². The van der Waals surface area contributed by atoms with Crippen molar-refractivity contribution in [1.29, 1.82) is 0 Å². The fraction of sp³-hybridized carbons (Fsp3) is 0.412. The minimum absolute atomic E-state index is 0.599. The molecule has 1 N–H and O–H groups in total. The van der Waals surface area contributed by atoms with E-state index in [0.717, 1.165) is 29.9 Å². The Bertz CT molecular complexity index is 632. The van der Waals surface area contributed by atoms with Crippen molar-refractivity contribution in [3.63, 3.8) is 0 Å². The van der Waals surface area contributed by atoms with Gasteiger partial charge in [0.1, 0.15) is 12.1 Å². The Kier molecular flexibility index (Phi) is 4.09. The van der Waals surface area contributed by atoms with Crippen molar-refractivity contribution in [3.8, 4) is 11.1 Å². The van der Waals surface area contributed by atoms with Gasteiger partial charge in [0.2, 0.25) is 0 Å². The highest BCUT2D eigenvalue weighted by molar-refractivity contribution is 5.75. The SMILES string of the molecule is CN(C)CC1(O)CCN(c2ncncc2-c2ccccc2)C1. The second-order valence-corrected chi connectivity index (χ2v) is 6.26. The third kappa shape index (κ3) is 3.10. The van der Waals surface area contributed by atoms with Gasteiger partial charge in [0, 0.05) is 31.4 Å². The highest BCUT2D eigenvalue weighted by atomic mass is 16.3. The van der Waals surface area contributed by atoms with E-state index in [-0.39, 0.29) is 0 Å². The van der Waals surface area contributed by atoms with E-state index >= 15 is 0 Å². The van der Waals surface area contributed by atoms with Crippen LogP contribution in [0.2, 0.25) is 0 Å². The van der Waals surface area contributed by atoms with Gasteiger partial charge in [-0.2, -0.15) is 0 Å². The first-order chi connectivity index (χ1) is 10.6. The number of hydrogen-bond donors (Lipinski definition) is 1. The van der Waals surface area contributed by atoms with Gasteiger partial charge in [-0.15, -0.1) is 0 Å². The van der Waals surface area contributed by atoms with E-state index < -0.39 is 5.60 Å². The van der Waals surface area contributed by atoms with Crippen LogP contribution in [0.15, 0.2) is 42.9 Å². The molecule has 1 fully saturated rings. The molecular weight excluding hydrogens is 276 g/mol. The molecule has 0 spiro atoms. The minimum atomic E-state index is -0.678. The largest absolute Gasteiger partial charge is 0.387 e. The maximum absolute atomic E-state index is 10.7. The van der Waals surface area contributed by atoms with E-state index in [1.165, 1.54) is 0 Å². The molecule has 0 saturated carbocycles. The Hall–Kier alpha value is -1.98. The molecule has 0 bridgehead atoms. The van der Waals surface area contributed by atoms with Crippen LogP contribution < -0.4 is 4.90 Å². The van der Waals surface area contributed by atoms with Gasteiger partial charge in [0.15, 0.2) is 0 Å². The Balaban J connectivity index is 1.88. The lowest BCUT2D eigenvalue weighted by molar-refractivity contribution is 0.0366. The summed E-state index contributed by atoms with van der Waals surface area (Å²) < 4.78 is 0. The summed E-state index contributed by atoms with van der Waals surface area (Å²) in [6, 6.07) is 10.1. The van der Waals surface area contributed by atoms with E-state index in [2.05, 4.69) is 27.0 Å². The number of anilines is 1. The smallest absolute Gasteiger partial charge is 0.139 e. The number of β-amino-alcohol motifs (C(OH)–C–C–N with tert-alkyl or cyclic N) is 1. The maximum atomic E-state index is 10.7. The highest BCUT2D eigenvalue weighted by Crippen LogP contribution is 2.32. The molecule has 2 aromatic rings. The fourth-order valence-corrected chi connectivity index (χ4v) is 3.15. The first-order valence-electron chi connectivity index (χ1n) is 7.55. The number of rotatable bonds is 4. The lowest BCUT2D eigenvalue weighted by atomic mass is 10.0. The van der Waals surface area contributed by atoms with Crippen molar-refractivity contribution in [2.24, 2.45) is 0 Å². The van der Waals surface area contributed by atoms with Gasteiger partial charge in [0.25, 0.3) is 0 Å². The van der Waals surface area contributed by atoms with E-state index in [9.17, 15) is 5.11 Å². The monoisotopic (exact) mass is 298 g/mol. The molecule has 5 nitrogen and oxygen atoms in total. The zero-order chi connectivity index (χ0) is 15.6. The predicted octanol–water partition coefficient (Wildman–Crippen LogP) is 1.65. The van der Waals surface area contributed by atoms with Crippen LogP contribution in [0.5, 0.6) is 0 Å². The first kappa shape index (κ1) is 14.9. The summed E-state index contributed by atoms with van der Waals surface area (Å²) in [5.74, 6) is 0.899. The molecule has 22 heavy (non-hydrogen) atoms. The number of hydrogen-bond acceptors (Lipinski definition) is 5. The van der Waals surface area contributed by atoms with Gasteiger partial charge >= 0.3 is 0 Å². The molecule has 0 aliphatic carbocycles. The third-order valence-electron chi connectivity index (χ3n) is 4.02. The van der Waals surface area contributed by atoms with Crippen LogP contribution >= 0.6 is 0 Å². The molecule has 1 unspecified atom stereocenters. The Morgan fingerprint density at radius 1 is 1.27 bits per heavy atom. The molecular formula is C17H22N4O. The van der Waals surface area contributed by atoms with Crippen LogP contribution in [0.3, 0.4) is 0 Å². The Morgan fingerprint density at radius 2 is 2.05 bits per heavy atom. The molecule has 1 saturated heterocycles. The van der Waals surface area contributed by atoms with Gasteiger partial charge in [0.05, 0.1) is 5.60 Å². The van der Waals surface area contributed by atoms with Crippen LogP contribution in [-0.4, -0.2) is 59.3 Å². The summed E-state index contributed by atoms with van der Waals surface area (Å²) >= 11 is 0. The van der Waals surface area contributed by atoms with E-state index in [1.54, 1.807) is 6.33 Å². The molecule has 1 aliphatic rings. The quantitative estimate of drug-likeness (QED) is 0.930.